The van der Waals surface area contributed by atoms with E-state index in [1.807, 2.05) is 0 Å². The van der Waals surface area contributed by atoms with E-state index in [0.717, 1.165) is 5.92 Å². The molecule has 0 saturated heterocycles. The third-order valence-electron chi connectivity index (χ3n) is 1.72. The monoisotopic (exact) mass is 132 g/mol. The van der Waals surface area contributed by atoms with Crippen LogP contribution in [0, 0.1) is 5.92 Å². The SMILES string of the molecule is CCC(C)C(S)CC. The standard InChI is InChI=1S/C7H16S/c1-4-6(3)7(8)5-2/h6-8H,4-5H2,1-3H3. The van der Waals surface area contributed by atoms with Crippen LogP contribution in [0.15, 0.2) is 0 Å². The molecule has 0 aromatic rings. The first-order chi connectivity index (χ1) is 3.72. The Morgan fingerprint density at radius 1 is 1.25 bits per heavy atom. The smallest absolute Gasteiger partial charge is 0.00397 e. The Morgan fingerprint density at radius 2 is 1.75 bits per heavy atom. The molecule has 0 heterocycles. The predicted octanol–water partition coefficient (Wildman–Crippen LogP) is 2.74. The molecule has 0 aromatic heterocycles. The molecule has 0 saturated carbocycles. The maximum atomic E-state index is 4.40. The second kappa shape index (κ2) is 4.25. The first-order valence-electron chi connectivity index (χ1n) is 3.40. The van der Waals surface area contributed by atoms with Crippen molar-refractivity contribution in [3.63, 3.8) is 0 Å². The van der Waals surface area contributed by atoms with E-state index in [1.54, 1.807) is 0 Å². The fourth-order valence-corrected chi connectivity index (χ4v) is 0.885. The van der Waals surface area contributed by atoms with Crippen molar-refractivity contribution in [1.29, 1.82) is 0 Å². The fraction of sp³-hybridized carbons (Fsp3) is 1.00. The molecule has 0 aromatic carbocycles. The van der Waals surface area contributed by atoms with Gasteiger partial charge in [0.25, 0.3) is 0 Å². The summed E-state index contributed by atoms with van der Waals surface area (Å²) in [6.07, 6.45) is 2.44. The van der Waals surface area contributed by atoms with Crippen LogP contribution in [0.4, 0.5) is 0 Å². The lowest BCUT2D eigenvalue weighted by atomic mass is 10.0. The minimum Gasteiger partial charge on any atom is -0.176 e. The lowest BCUT2D eigenvalue weighted by Crippen LogP contribution is -2.08. The van der Waals surface area contributed by atoms with Gasteiger partial charge in [-0.05, 0) is 12.3 Å². The highest BCUT2D eigenvalue weighted by Crippen LogP contribution is 2.15. The van der Waals surface area contributed by atoms with E-state index < -0.39 is 0 Å². The van der Waals surface area contributed by atoms with Crippen molar-refractivity contribution < 1.29 is 0 Å². The average Bonchev–Trinajstić information content (AvgIpc) is 1.84. The quantitative estimate of drug-likeness (QED) is 0.561. The molecule has 0 aliphatic heterocycles. The molecule has 0 radical (unpaired) electrons. The van der Waals surface area contributed by atoms with Gasteiger partial charge in [0.1, 0.15) is 0 Å². The fourth-order valence-electron chi connectivity index (χ4n) is 0.674. The van der Waals surface area contributed by atoms with Crippen LogP contribution in [0.1, 0.15) is 33.6 Å². The molecule has 0 spiro atoms. The van der Waals surface area contributed by atoms with E-state index in [0.29, 0.717) is 5.25 Å². The zero-order valence-electron chi connectivity index (χ0n) is 6.02. The lowest BCUT2D eigenvalue weighted by molar-refractivity contribution is 0.527. The molecule has 8 heavy (non-hydrogen) atoms. The Hall–Kier alpha value is 0.350. The van der Waals surface area contributed by atoms with Gasteiger partial charge in [-0.2, -0.15) is 12.6 Å². The van der Waals surface area contributed by atoms with E-state index in [4.69, 9.17) is 0 Å². The van der Waals surface area contributed by atoms with E-state index >= 15 is 0 Å². The topological polar surface area (TPSA) is 0 Å². The van der Waals surface area contributed by atoms with Crippen LogP contribution in [0.2, 0.25) is 0 Å². The van der Waals surface area contributed by atoms with Crippen LogP contribution in [0.25, 0.3) is 0 Å². The van der Waals surface area contributed by atoms with Crippen molar-refractivity contribution >= 4 is 12.6 Å². The van der Waals surface area contributed by atoms with Crippen LogP contribution in [-0.2, 0) is 0 Å². The Balaban J connectivity index is 3.29. The Labute approximate surface area is 58.1 Å². The van der Waals surface area contributed by atoms with Gasteiger partial charge in [-0.3, -0.25) is 0 Å². The first kappa shape index (κ1) is 8.35. The van der Waals surface area contributed by atoms with Crippen LogP contribution in [0.5, 0.6) is 0 Å². The normalized spacial score (nSPS) is 18.0. The van der Waals surface area contributed by atoms with Gasteiger partial charge in [-0.1, -0.05) is 27.2 Å². The minimum atomic E-state index is 0.611. The Morgan fingerprint density at radius 3 is 1.88 bits per heavy atom. The summed E-state index contributed by atoms with van der Waals surface area (Å²) in [6.45, 7) is 6.65. The summed E-state index contributed by atoms with van der Waals surface area (Å²) in [5.74, 6) is 0.781. The summed E-state index contributed by atoms with van der Waals surface area (Å²) in [6, 6.07) is 0. The summed E-state index contributed by atoms with van der Waals surface area (Å²) in [5.41, 5.74) is 0. The summed E-state index contributed by atoms with van der Waals surface area (Å²) in [4.78, 5) is 0. The highest BCUT2D eigenvalue weighted by atomic mass is 32.1. The third kappa shape index (κ3) is 2.61. The summed E-state index contributed by atoms with van der Waals surface area (Å²) in [5, 5.41) is 0.611. The van der Waals surface area contributed by atoms with Crippen molar-refractivity contribution in [1.82, 2.24) is 0 Å². The van der Waals surface area contributed by atoms with Gasteiger partial charge >= 0.3 is 0 Å². The van der Waals surface area contributed by atoms with Gasteiger partial charge in [0.05, 0.1) is 0 Å². The van der Waals surface area contributed by atoms with E-state index in [9.17, 15) is 0 Å². The minimum absolute atomic E-state index is 0.611. The van der Waals surface area contributed by atoms with Crippen molar-refractivity contribution in [2.24, 2.45) is 5.92 Å². The van der Waals surface area contributed by atoms with Crippen molar-refractivity contribution in [3.05, 3.63) is 0 Å². The van der Waals surface area contributed by atoms with E-state index in [-0.39, 0.29) is 0 Å². The Bertz CT molecular complexity index is 44.3. The molecule has 0 amide bonds. The maximum absolute atomic E-state index is 4.40. The molecule has 2 atom stereocenters. The molecular weight excluding hydrogens is 116 g/mol. The van der Waals surface area contributed by atoms with Gasteiger partial charge in [0.2, 0.25) is 0 Å². The first-order valence-corrected chi connectivity index (χ1v) is 3.92. The summed E-state index contributed by atoms with van der Waals surface area (Å²) < 4.78 is 0. The molecule has 0 aliphatic carbocycles. The molecule has 0 aliphatic rings. The van der Waals surface area contributed by atoms with Gasteiger partial charge in [-0.15, -0.1) is 0 Å². The summed E-state index contributed by atoms with van der Waals surface area (Å²) >= 11 is 4.40. The van der Waals surface area contributed by atoms with Crippen molar-refractivity contribution in [3.8, 4) is 0 Å². The van der Waals surface area contributed by atoms with Crippen LogP contribution in [-0.4, -0.2) is 5.25 Å². The van der Waals surface area contributed by atoms with Gasteiger partial charge in [0.15, 0.2) is 0 Å². The van der Waals surface area contributed by atoms with Crippen molar-refractivity contribution in [2.75, 3.05) is 0 Å². The zero-order chi connectivity index (χ0) is 6.57. The predicted molar refractivity (Wildman–Crippen MR) is 42.5 cm³/mol. The zero-order valence-corrected chi connectivity index (χ0v) is 6.91. The van der Waals surface area contributed by atoms with E-state index in [2.05, 4.69) is 33.4 Å². The molecule has 0 nitrogen and oxygen atoms in total. The Kier molecular flexibility index (Phi) is 4.44. The van der Waals surface area contributed by atoms with Crippen LogP contribution in [0.3, 0.4) is 0 Å². The lowest BCUT2D eigenvalue weighted by Gasteiger charge is -2.13. The third-order valence-corrected chi connectivity index (χ3v) is 2.59. The molecular formula is C7H16S. The summed E-state index contributed by atoms with van der Waals surface area (Å²) in [7, 11) is 0. The molecule has 0 bridgehead atoms. The van der Waals surface area contributed by atoms with Gasteiger partial charge in [-0.25, -0.2) is 0 Å². The van der Waals surface area contributed by atoms with Crippen molar-refractivity contribution in [2.45, 2.75) is 38.9 Å². The second-order valence-electron chi connectivity index (χ2n) is 2.36. The molecule has 1 heteroatoms. The highest BCUT2D eigenvalue weighted by molar-refractivity contribution is 7.81. The highest BCUT2D eigenvalue weighted by Gasteiger charge is 2.06. The van der Waals surface area contributed by atoms with Gasteiger partial charge < -0.3 is 0 Å². The van der Waals surface area contributed by atoms with Gasteiger partial charge in [0, 0.05) is 5.25 Å². The van der Waals surface area contributed by atoms with E-state index in [1.165, 1.54) is 12.8 Å². The second-order valence-corrected chi connectivity index (χ2v) is 3.02. The number of thiol groups is 1. The van der Waals surface area contributed by atoms with Crippen LogP contribution >= 0.6 is 12.6 Å². The van der Waals surface area contributed by atoms with Crippen LogP contribution < -0.4 is 0 Å². The number of hydrogen-bond acceptors (Lipinski definition) is 1. The molecule has 0 N–H and O–H groups in total. The molecule has 0 rings (SSSR count). The maximum Gasteiger partial charge on any atom is 0.00397 e. The largest absolute Gasteiger partial charge is 0.176 e. The average molecular weight is 132 g/mol. The number of hydrogen-bond donors (Lipinski definition) is 1. The molecule has 50 valence electrons. The molecule has 2 unspecified atom stereocenters. The number of rotatable bonds is 3. The molecule has 0 fully saturated rings.